The minimum absolute atomic E-state index is 0.165. The van der Waals surface area contributed by atoms with Gasteiger partial charge in [0.05, 0.1) is 0 Å². The monoisotopic (exact) mass is 308 g/mol. The summed E-state index contributed by atoms with van der Waals surface area (Å²) in [7, 11) is 0. The first kappa shape index (κ1) is 16.1. The Kier molecular flexibility index (Phi) is 4.67. The molecule has 0 aromatic rings. The molecule has 2 aliphatic carbocycles. The molecule has 0 radical (unpaired) electrons. The van der Waals surface area contributed by atoms with Crippen LogP contribution in [0, 0.1) is 11.8 Å². The van der Waals surface area contributed by atoms with Crippen molar-refractivity contribution < 1.29 is 9.53 Å². The highest BCUT2D eigenvalue weighted by atomic mass is 16.6. The summed E-state index contributed by atoms with van der Waals surface area (Å²) >= 11 is 0. The van der Waals surface area contributed by atoms with Crippen molar-refractivity contribution in [2.45, 2.75) is 83.4 Å². The first-order chi connectivity index (χ1) is 10.4. The maximum atomic E-state index is 11.9. The Bertz CT molecular complexity index is 398. The van der Waals surface area contributed by atoms with Crippen molar-refractivity contribution in [3.05, 3.63) is 0 Å². The molecule has 3 fully saturated rings. The van der Waals surface area contributed by atoms with Crippen molar-refractivity contribution in [3.8, 4) is 0 Å². The van der Waals surface area contributed by atoms with Gasteiger partial charge in [-0.15, -0.1) is 0 Å². The number of carbonyl (C=O) groups excluding carboxylic acids is 1. The highest BCUT2D eigenvalue weighted by Gasteiger charge is 2.37. The SMILES string of the molecule is CC(C)(C)OC(=O)N1CC(NC2CCC3CCCCC3C2)C1. The number of nitrogens with zero attached hydrogens (tertiary/aromatic N) is 1. The molecule has 1 saturated heterocycles. The lowest BCUT2D eigenvalue weighted by Gasteiger charge is -2.45. The highest BCUT2D eigenvalue weighted by molar-refractivity contribution is 5.69. The van der Waals surface area contributed by atoms with E-state index in [1.54, 1.807) is 0 Å². The molecule has 3 atom stereocenters. The van der Waals surface area contributed by atoms with E-state index < -0.39 is 5.60 Å². The van der Waals surface area contributed by atoms with Gasteiger partial charge in [0, 0.05) is 25.2 Å². The van der Waals surface area contributed by atoms with Crippen LogP contribution >= 0.6 is 0 Å². The van der Waals surface area contributed by atoms with Crippen LogP contribution in [0.4, 0.5) is 4.79 Å². The van der Waals surface area contributed by atoms with E-state index in [4.69, 9.17) is 4.74 Å². The van der Waals surface area contributed by atoms with Gasteiger partial charge in [-0.25, -0.2) is 4.79 Å². The molecular weight excluding hydrogens is 276 g/mol. The molecule has 0 spiro atoms. The van der Waals surface area contributed by atoms with Crippen molar-refractivity contribution in [1.29, 1.82) is 0 Å². The number of hydrogen-bond donors (Lipinski definition) is 1. The maximum absolute atomic E-state index is 11.9. The van der Waals surface area contributed by atoms with Gasteiger partial charge >= 0.3 is 6.09 Å². The Balaban J connectivity index is 1.38. The van der Waals surface area contributed by atoms with E-state index in [9.17, 15) is 4.79 Å². The van der Waals surface area contributed by atoms with Crippen molar-refractivity contribution in [2.75, 3.05) is 13.1 Å². The molecule has 1 N–H and O–H groups in total. The predicted octanol–water partition coefficient (Wildman–Crippen LogP) is 3.55. The van der Waals surface area contributed by atoms with E-state index in [1.807, 2.05) is 25.7 Å². The molecule has 3 aliphatic rings. The Labute approximate surface area is 135 Å². The molecule has 1 amide bonds. The van der Waals surface area contributed by atoms with Crippen LogP contribution in [0.15, 0.2) is 0 Å². The largest absolute Gasteiger partial charge is 0.444 e. The van der Waals surface area contributed by atoms with Crippen LogP contribution in [0.2, 0.25) is 0 Å². The number of ether oxygens (including phenoxy) is 1. The number of carbonyl (C=O) groups is 1. The van der Waals surface area contributed by atoms with Crippen LogP contribution in [0.1, 0.15) is 65.7 Å². The minimum Gasteiger partial charge on any atom is -0.444 e. The Morgan fingerprint density at radius 2 is 1.68 bits per heavy atom. The van der Waals surface area contributed by atoms with E-state index in [0.717, 1.165) is 24.9 Å². The normalized spacial score (nSPS) is 33.0. The second-order valence-electron chi connectivity index (χ2n) is 8.56. The quantitative estimate of drug-likeness (QED) is 0.848. The molecular formula is C18H32N2O2. The third-order valence-electron chi connectivity index (χ3n) is 5.54. The molecule has 2 saturated carbocycles. The molecule has 4 nitrogen and oxygen atoms in total. The van der Waals surface area contributed by atoms with Crippen molar-refractivity contribution in [3.63, 3.8) is 0 Å². The number of nitrogens with one attached hydrogen (secondary N) is 1. The van der Waals surface area contributed by atoms with E-state index in [0.29, 0.717) is 12.1 Å². The number of fused-ring (bicyclic) bond motifs is 1. The molecule has 22 heavy (non-hydrogen) atoms. The number of hydrogen-bond acceptors (Lipinski definition) is 3. The topological polar surface area (TPSA) is 41.6 Å². The first-order valence-electron chi connectivity index (χ1n) is 9.15. The fraction of sp³-hybridized carbons (Fsp3) is 0.944. The zero-order chi connectivity index (χ0) is 15.7. The Hall–Kier alpha value is -0.770. The van der Waals surface area contributed by atoms with Gasteiger partial charge in [0.15, 0.2) is 0 Å². The van der Waals surface area contributed by atoms with Crippen molar-refractivity contribution >= 4 is 6.09 Å². The second kappa shape index (κ2) is 6.38. The average Bonchev–Trinajstić information content (AvgIpc) is 2.40. The fourth-order valence-electron chi connectivity index (χ4n) is 4.42. The van der Waals surface area contributed by atoms with Crippen LogP contribution in [-0.2, 0) is 4.74 Å². The smallest absolute Gasteiger partial charge is 0.410 e. The molecule has 1 aliphatic heterocycles. The van der Waals surface area contributed by atoms with Gasteiger partial charge in [0.25, 0.3) is 0 Å². The summed E-state index contributed by atoms with van der Waals surface area (Å²) in [6.45, 7) is 7.37. The van der Waals surface area contributed by atoms with Crippen LogP contribution in [0.5, 0.6) is 0 Å². The summed E-state index contributed by atoms with van der Waals surface area (Å²) in [5.41, 5.74) is -0.394. The van der Waals surface area contributed by atoms with Gasteiger partial charge in [0.2, 0.25) is 0 Å². The summed E-state index contributed by atoms with van der Waals surface area (Å²) < 4.78 is 5.41. The van der Waals surface area contributed by atoms with E-state index in [-0.39, 0.29) is 6.09 Å². The second-order valence-corrected chi connectivity index (χ2v) is 8.56. The zero-order valence-corrected chi connectivity index (χ0v) is 14.4. The third-order valence-corrected chi connectivity index (χ3v) is 5.54. The van der Waals surface area contributed by atoms with Gasteiger partial charge in [-0.05, 0) is 51.9 Å². The van der Waals surface area contributed by atoms with Crippen molar-refractivity contribution in [2.24, 2.45) is 11.8 Å². The number of rotatable bonds is 2. The van der Waals surface area contributed by atoms with Gasteiger partial charge in [-0.1, -0.05) is 25.7 Å². The number of likely N-dealkylation sites (tertiary alicyclic amines) is 1. The Morgan fingerprint density at radius 3 is 2.36 bits per heavy atom. The van der Waals surface area contributed by atoms with E-state index in [1.165, 1.54) is 44.9 Å². The van der Waals surface area contributed by atoms with Gasteiger partial charge in [0.1, 0.15) is 5.60 Å². The molecule has 0 aromatic carbocycles. The van der Waals surface area contributed by atoms with Crippen LogP contribution in [-0.4, -0.2) is 41.8 Å². The summed E-state index contributed by atoms with van der Waals surface area (Å²) in [4.78, 5) is 13.8. The molecule has 1 heterocycles. The lowest BCUT2D eigenvalue weighted by Crippen LogP contribution is -2.62. The lowest BCUT2D eigenvalue weighted by atomic mass is 9.69. The zero-order valence-electron chi connectivity index (χ0n) is 14.4. The third kappa shape index (κ3) is 3.95. The van der Waals surface area contributed by atoms with Gasteiger partial charge in [-0.2, -0.15) is 0 Å². The molecule has 3 rings (SSSR count). The first-order valence-corrected chi connectivity index (χ1v) is 9.15. The average molecular weight is 308 g/mol. The van der Waals surface area contributed by atoms with E-state index in [2.05, 4.69) is 5.32 Å². The number of amides is 1. The lowest BCUT2D eigenvalue weighted by molar-refractivity contribution is 0.00240. The standard InChI is InChI=1S/C18H32N2O2/c1-18(2,3)22-17(21)20-11-16(12-20)19-15-9-8-13-6-4-5-7-14(13)10-15/h13-16,19H,4-12H2,1-3H3. The van der Waals surface area contributed by atoms with Crippen LogP contribution in [0.3, 0.4) is 0 Å². The van der Waals surface area contributed by atoms with Gasteiger partial charge in [-0.3, -0.25) is 0 Å². The van der Waals surface area contributed by atoms with Gasteiger partial charge < -0.3 is 15.0 Å². The predicted molar refractivity (Wildman–Crippen MR) is 87.8 cm³/mol. The van der Waals surface area contributed by atoms with Crippen LogP contribution < -0.4 is 5.32 Å². The summed E-state index contributed by atoms with van der Waals surface area (Å²) in [6.07, 6.45) is 9.71. The molecule has 3 unspecified atom stereocenters. The molecule has 0 aromatic heterocycles. The summed E-state index contributed by atoms with van der Waals surface area (Å²) in [5.74, 6) is 1.97. The van der Waals surface area contributed by atoms with E-state index >= 15 is 0 Å². The molecule has 0 bridgehead atoms. The van der Waals surface area contributed by atoms with Crippen molar-refractivity contribution in [1.82, 2.24) is 10.2 Å². The molecule has 126 valence electrons. The fourth-order valence-corrected chi connectivity index (χ4v) is 4.42. The summed E-state index contributed by atoms with van der Waals surface area (Å²) in [5, 5.41) is 3.79. The summed E-state index contributed by atoms with van der Waals surface area (Å²) in [6, 6.07) is 1.14. The maximum Gasteiger partial charge on any atom is 0.410 e. The van der Waals surface area contributed by atoms with Crippen LogP contribution in [0.25, 0.3) is 0 Å². The molecule has 4 heteroatoms. The minimum atomic E-state index is -0.394. The Morgan fingerprint density at radius 1 is 1.00 bits per heavy atom. The highest BCUT2D eigenvalue weighted by Crippen LogP contribution is 2.40.